The van der Waals surface area contributed by atoms with Crippen LogP contribution in [0.15, 0.2) is 48.5 Å². The fourth-order valence-electron chi connectivity index (χ4n) is 3.68. The summed E-state index contributed by atoms with van der Waals surface area (Å²) in [7, 11) is 0. The summed E-state index contributed by atoms with van der Waals surface area (Å²) < 4.78 is 0. The SMILES string of the molecule is CC(=O)c1ccc(C#N)cc1N1CCN(C(=O)C(C)(C)c2ccccc2)CC1. The first kappa shape index (κ1) is 19.6. The maximum atomic E-state index is 13.1. The first-order valence-electron chi connectivity index (χ1n) is 9.49. The molecule has 0 atom stereocenters. The number of benzene rings is 2. The van der Waals surface area contributed by atoms with Gasteiger partial charge in [-0.25, -0.2) is 0 Å². The second kappa shape index (κ2) is 7.85. The molecule has 0 bridgehead atoms. The summed E-state index contributed by atoms with van der Waals surface area (Å²) in [5, 5.41) is 9.20. The Balaban J connectivity index is 1.76. The quantitative estimate of drug-likeness (QED) is 0.769. The van der Waals surface area contributed by atoms with Crippen LogP contribution in [0.1, 0.15) is 42.3 Å². The van der Waals surface area contributed by atoms with Crippen molar-refractivity contribution in [2.24, 2.45) is 0 Å². The molecule has 1 fully saturated rings. The third kappa shape index (κ3) is 3.77. The fourth-order valence-corrected chi connectivity index (χ4v) is 3.68. The van der Waals surface area contributed by atoms with Crippen LogP contribution in [0, 0.1) is 11.3 Å². The zero-order chi connectivity index (χ0) is 20.3. The van der Waals surface area contributed by atoms with Crippen LogP contribution < -0.4 is 4.90 Å². The van der Waals surface area contributed by atoms with Crippen molar-refractivity contribution in [2.45, 2.75) is 26.2 Å². The van der Waals surface area contributed by atoms with E-state index in [1.165, 1.54) is 6.92 Å². The summed E-state index contributed by atoms with van der Waals surface area (Å²) in [6, 6.07) is 17.1. The fraction of sp³-hybridized carbons (Fsp3) is 0.348. The standard InChI is InChI=1S/C23H25N3O2/c1-17(27)20-10-9-18(16-24)15-21(20)25-11-13-26(14-12-25)22(28)23(2,3)19-7-5-4-6-8-19/h4-10,15H,11-14H2,1-3H3. The number of anilines is 1. The third-order valence-corrected chi connectivity index (χ3v) is 5.44. The minimum atomic E-state index is -0.589. The lowest BCUT2D eigenvalue weighted by Crippen LogP contribution is -2.53. The monoisotopic (exact) mass is 375 g/mol. The van der Waals surface area contributed by atoms with Gasteiger partial charge in [-0.15, -0.1) is 0 Å². The van der Waals surface area contributed by atoms with E-state index in [0.717, 1.165) is 11.3 Å². The Morgan fingerprint density at radius 3 is 2.21 bits per heavy atom. The molecular formula is C23H25N3O2. The molecule has 0 spiro atoms. The molecule has 0 saturated carbocycles. The van der Waals surface area contributed by atoms with E-state index in [1.807, 2.05) is 49.1 Å². The van der Waals surface area contributed by atoms with Gasteiger partial charge in [-0.1, -0.05) is 30.3 Å². The van der Waals surface area contributed by atoms with Gasteiger partial charge in [-0.05, 0) is 44.5 Å². The predicted octanol–water partition coefficient (Wildman–Crippen LogP) is 3.39. The Kier molecular flexibility index (Phi) is 5.51. The molecule has 1 aliphatic heterocycles. The molecule has 2 aromatic rings. The van der Waals surface area contributed by atoms with Crippen LogP contribution in [-0.2, 0) is 10.2 Å². The van der Waals surface area contributed by atoms with Gasteiger partial charge in [0.1, 0.15) is 0 Å². The van der Waals surface area contributed by atoms with Crippen LogP contribution in [-0.4, -0.2) is 42.8 Å². The van der Waals surface area contributed by atoms with Crippen LogP contribution in [0.2, 0.25) is 0 Å². The Morgan fingerprint density at radius 2 is 1.64 bits per heavy atom. The van der Waals surface area contributed by atoms with Crippen LogP contribution in [0.4, 0.5) is 5.69 Å². The Bertz CT molecular complexity index is 921. The molecular weight excluding hydrogens is 350 g/mol. The van der Waals surface area contributed by atoms with Crippen molar-refractivity contribution >= 4 is 17.4 Å². The highest BCUT2D eigenvalue weighted by Crippen LogP contribution is 2.28. The molecule has 2 aromatic carbocycles. The largest absolute Gasteiger partial charge is 0.367 e. The first-order chi connectivity index (χ1) is 13.3. The van der Waals surface area contributed by atoms with E-state index in [-0.39, 0.29) is 11.7 Å². The molecule has 28 heavy (non-hydrogen) atoms. The topological polar surface area (TPSA) is 64.4 Å². The van der Waals surface area contributed by atoms with Crippen molar-refractivity contribution in [3.8, 4) is 6.07 Å². The molecule has 5 heteroatoms. The molecule has 0 radical (unpaired) electrons. The van der Waals surface area contributed by atoms with Crippen LogP contribution in [0.3, 0.4) is 0 Å². The summed E-state index contributed by atoms with van der Waals surface area (Å²) in [5.74, 6) is 0.0825. The number of carbonyl (C=O) groups is 2. The molecule has 0 aliphatic carbocycles. The zero-order valence-electron chi connectivity index (χ0n) is 16.6. The smallest absolute Gasteiger partial charge is 0.232 e. The Morgan fingerprint density at radius 1 is 1.00 bits per heavy atom. The summed E-state index contributed by atoms with van der Waals surface area (Å²) in [5.41, 5.74) is 2.34. The zero-order valence-corrected chi connectivity index (χ0v) is 16.6. The summed E-state index contributed by atoms with van der Waals surface area (Å²) in [4.78, 5) is 29.1. The van der Waals surface area contributed by atoms with E-state index in [4.69, 9.17) is 0 Å². The summed E-state index contributed by atoms with van der Waals surface area (Å²) >= 11 is 0. The van der Waals surface area contributed by atoms with Crippen LogP contribution in [0.5, 0.6) is 0 Å². The molecule has 0 aromatic heterocycles. The molecule has 0 unspecified atom stereocenters. The molecule has 1 saturated heterocycles. The molecule has 0 N–H and O–H groups in total. The van der Waals surface area contributed by atoms with Gasteiger partial charge in [0.15, 0.2) is 5.78 Å². The molecule has 144 valence electrons. The van der Waals surface area contributed by atoms with Gasteiger partial charge in [-0.2, -0.15) is 5.26 Å². The van der Waals surface area contributed by atoms with Crippen molar-refractivity contribution in [2.75, 3.05) is 31.1 Å². The average molecular weight is 375 g/mol. The van der Waals surface area contributed by atoms with Crippen LogP contribution >= 0.6 is 0 Å². The third-order valence-electron chi connectivity index (χ3n) is 5.44. The first-order valence-corrected chi connectivity index (χ1v) is 9.49. The number of ketones is 1. The second-order valence-corrected chi connectivity index (χ2v) is 7.67. The summed E-state index contributed by atoms with van der Waals surface area (Å²) in [6.07, 6.45) is 0. The number of Topliss-reactive ketones (excluding diaryl/α,β-unsaturated/α-hetero) is 1. The number of hydrogen-bond acceptors (Lipinski definition) is 4. The number of rotatable bonds is 4. The molecule has 1 amide bonds. The molecule has 1 heterocycles. The molecule has 3 rings (SSSR count). The molecule has 5 nitrogen and oxygen atoms in total. The van der Waals surface area contributed by atoms with Gasteiger partial charge in [0, 0.05) is 37.4 Å². The lowest BCUT2D eigenvalue weighted by Gasteiger charge is -2.40. The number of amides is 1. The number of carbonyl (C=O) groups excluding carboxylic acids is 2. The lowest BCUT2D eigenvalue weighted by atomic mass is 9.83. The van der Waals surface area contributed by atoms with Crippen molar-refractivity contribution in [1.29, 1.82) is 5.26 Å². The Labute approximate surface area is 166 Å². The van der Waals surface area contributed by atoms with E-state index in [1.54, 1.807) is 18.2 Å². The van der Waals surface area contributed by atoms with Crippen LogP contribution in [0.25, 0.3) is 0 Å². The highest BCUT2D eigenvalue weighted by atomic mass is 16.2. The maximum absolute atomic E-state index is 13.1. The van der Waals surface area contributed by atoms with Gasteiger partial charge in [0.05, 0.1) is 17.0 Å². The maximum Gasteiger partial charge on any atom is 0.232 e. The van der Waals surface area contributed by atoms with Gasteiger partial charge in [-0.3, -0.25) is 9.59 Å². The number of hydrogen-bond donors (Lipinski definition) is 0. The highest BCUT2D eigenvalue weighted by Gasteiger charge is 2.35. The van der Waals surface area contributed by atoms with Gasteiger partial charge in [0.25, 0.3) is 0 Å². The van der Waals surface area contributed by atoms with E-state index in [9.17, 15) is 14.9 Å². The number of nitriles is 1. The van der Waals surface area contributed by atoms with Gasteiger partial charge in [0.2, 0.25) is 5.91 Å². The number of piperazine rings is 1. The second-order valence-electron chi connectivity index (χ2n) is 7.67. The van der Waals surface area contributed by atoms with Crippen molar-refractivity contribution in [3.05, 3.63) is 65.2 Å². The van der Waals surface area contributed by atoms with Gasteiger partial charge >= 0.3 is 0 Å². The van der Waals surface area contributed by atoms with Crippen molar-refractivity contribution in [3.63, 3.8) is 0 Å². The van der Waals surface area contributed by atoms with Crippen molar-refractivity contribution in [1.82, 2.24) is 4.90 Å². The normalized spacial score (nSPS) is 14.5. The lowest BCUT2D eigenvalue weighted by molar-refractivity contribution is -0.136. The Hall–Kier alpha value is -3.13. The minimum absolute atomic E-state index is 0.0248. The summed E-state index contributed by atoms with van der Waals surface area (Å²) in [6.45, 7) is 7.89. The van der Waals surface area contributed by atoms with E-state index in [0.29, 0.717) is 37.3 Å². The number of nitrogens with zero attached hydrogens (tertiary/aromatic N) is 3. The van der Waals surface area contributed by atoms with E-state index >= 15 is 0 Å². The molecule has 1 aliphatic rings. The highest BCUT2D eigenvalue weighted by molar-refractivity contribution is 6.00. The minimum Gasteiger partial charge on any atom is -0.367 e. The average Bonchev–Trinajstić information content (AvgIpc) is 2.73. The van der Waals surface area contributed by atoms with Crippen molar-refractivity contribution < 1.29 is 9.59 Å². The van der Waals surface area contributed by atoms with E-state index < -0.39 is 5.41 Å². The van der Waals surface area contributed by atoms with E-state index in [2.05, 4.69) is 11.0 Å². The predicted molar refractivity (Wildman–Crippen MR) is 109 cm³/mol. The van der Waals surface area contributed by atoms with Gasteiger partial charge < -0.3 is 9.80 Å².